The fraction of sp³-hybridized carbons (Fsp3) is 0.125. The highest BCUT2D eigenvalue weighted by Crippen LogP contribution is 2.30. The smallest absolute Gasteiger partial charge is 0.257 e. The molecule has 2 aromatic rings. The Hall–Kier alpha value is -2.38. The van der Waals surface area contributed by atoms with Gasteiger partial charge in [0.15, 0.2) is 9.84 Å². The number of rotatable bonds is 2. The fourth-order valence-corrected chi connectivity index (χ4v) is 3.95. The number of sulfone groups is 1. The maximum atomic E-state index is 12.4. The predicted molar refractivity (Wildman–Crippen MR) is 91.3 cm³/mol. The van der Waals surface area contributed by atoms with E-state index in [1.54, 1.807) is 18.2 Å². The van der Waals surface area contributed by atoms with Crippen LogP contribution < -0.4 is 10.6 Å². The second kappa shape index (κ2) is 5.92. The van der Waals surface area contributed by atoms with Crippen molar-refractivity contribution in [2.24, 2.45) is 0 Å². The SMILES string of the molecule is Cc1ccc(Cl)c(C(=O)Nc2ccc3c(c2)S(=O)(=O)CC(=O)N3)c1. The van der Waals surface area contributed by atoms with E-state index in [0.29, 0.717) is 16.3 Å². The molecular weight excluding hydrogens is 352 g/mol. The number of halogens is 1. The van der Waals surface area contributed by atoms with Crippen molar-refractivity contribution in [3.8, 4) is 0 Å². The number of hydrogen-bond donors (Lipinski definition) is 2. The van der Waals surface area contributed by atoms with Crippen LogP contribution in [0.4, 0.5) is 11.4 Å². The summed E-state index contributed by atoms with van der Waals surface area (Å²) >= 11 is 6.03. The largest absolute Gasteiger partial charge is 0.324 e. The van der Waals surface area contributed by atoms with Crippen LogP contribution in [0.15, 0.2) is 41.3 Å². The van der Waals surface area contributed by atoms with Crippen LogP contribution in [0.3, 0.4) is 0 Å². The second-order valence-corrected chi connectivity index (χ2v) is 7.82. The van der Waals surface area contributed by atoms with Gasteiger partial charge in [-0.25, -0.2) is 8.42 Å². The van der Waals surface area contributed by atoms with Gasteiger partial charge in [-0.2, -0.15) is 0 Å². The van der Waals surface area contributed by atoms with Gasteiger partial charge in [0, 0.05) is 5.69 Å². The van der Waals surface area contributed by atoms with Gasteiger partial charge in [0.25, 0.3) is 5.91 Å². The zero-order chi connectivity index (χ0) is 17.5. The lowest BCUT2D eigenvalue weighted by Crippen LogP contribution is -2.29. The van der Waals surface area contributed by atoms with Gasteiger partial charge in [-0.1, -0.05) is 23.2 Å². The molecule has 6 nitrogen and oxygen atoms in total. The monoisotopic (exact) mass is 364 g/mol. The van der Waals surface area contributed by atoms with Crippen LogP contribution in [0.5, 0.6) is 0 Å². The molecule has 0 aliphatic carbocycles. The Kier molecular flexibility index (Phi) is 4.06. The van der Waals surface area contributed by atoms with Crippen LogP contribution in [-0.4, -0.2) is 26.0 Å². The van der Waals surface area contributed by atoms with Crippen LogP contribution in [0.25, 0.3) is 0 Å². The summed E-state index contributed by atoms with van der Waals surface area (Å²) in [7, 11) is -3.72. The van der Waals surface area contributed by atoms with Crippen molar-refractivity contribution in [3.05, 3.63) is 52.5 Å². The molecule has 0 spiro atoms. The van der Waals surface area contributed by atoms with Gasteiger partial charge in [-0.15, -0.1) is 0 Å². The van der Waals surface area contributed by atoms with Gasteiger partial charge in [0.2, 0.25) is 5.91 Å². The molecular formula is C16H13ClN2O4S. The number of aryl methyl sites for hydroxylation is 1. The normalized spacial score (nSPS) is 15.3. The minimum atomic E-state index is -3.72. The number of anilines is 2. The van der Waals surface area contributed by atoms with E-state index in [9.17, 15) is 18.0 Å². The topological polar surface area (TPSA) is 92.3 Å². The van der Waals surface area contributed by atoms with E-state index in [1.807, 2.05) is 6.92 Å². The summed E-state index contributed by atoms with van der Waals surface area (Å²) in [5.74, 6) is -1.63. The van der Waals surface area contributed by atoms with E-state index in [-0.39, 0.29) is 10.6 Å². The molecule has 0 fully saturated rings. The first-order chi connectivity index (χ1) is 11.3. The Morgan fingerprint density at radius 1 is 1.21 bits per heavy atom. The minimum absolute atomic E-state index is 0.0183. The summed E-state index contributed by atoms with van der Waals surface area (Å²) in [6.45, 7) is 1.83. The molecule has 24 heavy (non-hydrogen) atoms. The molecule has 0 radical (unpaired) electrons. The standard InChI is InChI=1S/C16H13ClN2O4S/c1-9-2-4-12(17)11(6-9)16(21)18-10-3-5-13-14(7-10)24(22,23)8-15(20)19-13/h2-7H,8H2,1H3,(H,18,21)(H,19,20). The summed E-state index contributed by atoms with van der Waals surface area (Å²) < 4.78 is 24.2. The van der Waals surface area contributed by atoms with E-state index < -0.39 is 27.4 Å². The van der Waals surface area contributed by atoms with Crippen LogP contribution in [-0.2, 0) is 14.6 Å². The number of nitrogens with one attached hydrogen (secondary N) is 2. The molecule has 2 aromatic carbocycles. The first kappa shape index (κ1) is 16.5. The lowest BCUT2D eigenvalue weighted by Gasteiger charge is -2.18. The van der Waals surface area contributed by atoms with Crippen LogP contribution in [0.1, 0.15) is 15.9 Å². The van der Waals surface area contributed by atoms with Gasteiger partial charge in [0.1, 0.15) is 5.75 Å². The first-order valence-corrected chi connectivity index (χ1v) is 9.03. The number of benzene rings is 2. The molecule has 1 heterocycles. The van der Waals surface area contributed by atoms with Crippen molar-refractivity contribution in [2.45, 2.75) is 11.8 Å². The third kappa shape index (κ3) is 3.13. The van der Waals surface area contributed by atoms with E-state index in [0.717, 1.165) is 5.56 Å². The predicted octanol–water partition coefficient (Wildman–Crippen LogP) is 2.63. The van der Waals surface area contributed by atoms with Crippen molar-refractivity contribution in [2.75, 3.05) is 16.4 Å². The number of fused-ring (bicyclic) bond motifs is 1. The van der Waals surface area contributed by atoms with Crippen molar-refractivity contribution < 1.29 is 18.0 Å². The third-order valence-corrected chi connectivity index (χ3v) is 5.52. The summed E-state index contributed by atoms with van der Waals surface area (Å²) in [4.78, 5) is 23.7. The average molecular weight is 365 g/mol. The van der Waals surface area contributed by atoms with Gasteiger partial charge in [0.05, 0.1) is 21.2 Å². The number of amides is 2. The van der Waals surface area contributed by atoms with Gasteiger partial charge >= 0.3 is 0 Å². The van der Waals surface area contributed by atoms with E-state index in [2.05, 4.69) is 10.6 Å². The van der Waals surface area contributed by atoms with Gasteiger partial charge in [-0.05, 0) is 37.3 Å². The van der Waals surface area contributed by atoms with Crippen molar-refractivity contribution in [1.82, 2.24) is 0 Å². The Morgan fingerprint density at radius 3 is 2.71 bits per heavy atom. The highest BCUT2D eigenvalue weighted by atomic mass is 35.5. The maximum absolute atomic E-state index is 12.4. The summed E-state index contributed by atoms with van der Waals surface area (Å²) in [5.41, 5.74) is 1.68. The highest BCUT2D eigenvalue weighted by Gasteiger charge is 2.29. The van der Waals surface area contributed by atoms with Crippen molar-refractivity contribution in [3.63, 3.8) is 0 Å². The quantitative estimate of drug-likeness (QED) is 0.856. The number of carbonyl (C=O) groups is 2. The van der Waals surface area contributed by atoms with Crippen LogP contribution in [0, 0.1) is 6.92 Å². The second-order valence-electron chi connectivity index (χ2n) is 5.46. The van der Waals surface area contributed by atoms with Crippen LogP contribution >= 0.6 is 11.6 Å². The van der Waals surface area contributed by atoms with E-state index in [1.165, 1.54) is 18.2 Å². The number of carbonyl (C=O) groups excluding carboxylic acids is 2. The molecule has 1 aliphatic heterocycles. The molecule has 0 saturated carbocycles. The Bertz CT molecular complexity index is 970. The lowest BCUT2D eigenvalue weighted by molar-refractivity contribution is -0.114. The van der Waals surface area contributed by atoms with Crippen LogP contribution in [0.2, 0.25) is 5.02 Å². The summed E-state index contributed by atoms with van der Waals surface area (Å²) in [5, 5.41) is 5.42. The van der Waals surface area contributed by atoms with Crippen molar-refractivity contribution >= 4 is 44.6 Å². The molecule has 0 bridgehead atoms. The molecule has 2 N–H and O–H groups in total. The highest BCUT2D eigenvalue weighted by molar-refractivity contribution is 7.92. The molecule has 8 heteroatoms. The average Bonchev–Trinajstić information content (AvgIpc) is 2.49. The lowest BCUT2D eigenvalue weighted by atomic mass is 10.1. The number of hydrogen-bond acceptors (Lipinski definition) is 4. The molecule has 2 amide bonds. The van der Waals surface area contributed by atoms with E-state index >= 15 is 0 Å². The first-order valence-electron chi connectivity index (χ1n) is 7.00. The maximum Gasteiger partial charge on any atom is 0.257 e. The Labute approximate surface area is 143 Å². The third-order valence-electron chi connectivity index (χ3n) is 3.54. The van der Waals surface area contributed by atoms with Gasteiger partial charge in [-0.3, -0.25) is 9.59 Å². The van der Waals surface area contributed by atoms with Gasteiger partial charge < -0.3 is 10.6 Å². The fourth-order valence-electron chi connectivity index (χ4n) is 2.41. The Morgan fingerprint density at radius 2 is 1.96 bits per heavy atom. The van der Waals surface area contributed by atoms with E-state index in [4.69, 9.17) is 11.6 Å². The minimum Gasteiger partial charge on any atom is -0.324 e. The zero-order valence-electron chi connectivity index (χ0n) is 12.6. The molecule has 0 saturated heterocycles. The molecule has 0 aromatic heterocycles. The molecule has 3 rings (SSSR count). The molecule has 124 valence electrons. The molecule has 0 unspecified atom stereocenters. The molecule has 1 aliphatic rings. The summed E-state index contributed by atoms with van der Waals surface area (Å²) in [6.07, 6.45) is 0. The molecule has 0 atom stereocenters. The van der Waals surface area contributed by atoms with Crippen molar-refractivity contribution in [1.29, 1.82) is 0 Å². The zero-order valence-corrected chi connectivity index (χ0v) is 14.2. The Balaban J connectivity index is 1.93. The summed E-state index contributed by atoms with van der Waals surface area (Å²) in [6, 6.07) is 9.34.